The highest BCUT2D eigenvalue weighted by atomic mass is 13.9. The molecule has 0 aliphatic rings. The highest BCUT2D eigenvalue weighted by molar-refractivity contribution is 6.75. The fourth-order valence-electron chi connectivity index (χ4n) is 0.289. The van der Waals surface area contributed by atoms with Crippen molar-refractivity contribution in [3.05, 3.63) is 0 Å². The van der Waals surface area contributed by atoms with Gasteiger partial charge in [0.15, 0.2) is 0 Å². The van der Waals surface area contributed by atoms with E-state index in [9.17, 15) is 0 Å². The maximum atomic E-state index is 4.00. The summed E-state index contributed by atoms with van der Waals surface area (Å²) < 4.78 is 0. The Labute approximate surface area is 55.9 Å². The quantitative estimate of drug-likeness (QED) is 0.472. The Morgan fingerprint density at radius 2 is 1.38 bits per heavy atom. The van der Waals surface area contributed by atoms with Crippen LogP contribution < -0.4 is 0 Å². The van der Waals surface area contributed by atoms with E-state index < -0.39 is 0 Å². The van der Waals surface area contributed by atoms with E-state index in [1.54, 1.807) is 0 Å². The third-order valence-corrected chi connectivity index (χ3v) is 1.39. The molecule has 0 atom stereocenters. The standard InChI is InChI=1S/C6H14.B2/c1-4-6(3)5-2;1-2/h6H,4-5H2,1-3H3;. The maximum absolute atomic E-state index is 4.00. The average molecular weight is 108 g/mol. The molecule has 0 aromatic heterocycles. The number of hydrogen-bond donors (Lipinski definition) is 0. The van der Waals surface area contributed by atoms with Gasteiger partial charge in [0, 0.05) is 15.5 Å². The first-order valence-corrected chi connectivity index (χ1v) is 3.14. The molecule has 0 aliphatic carbocycles. The Morgan fingerprint density at radius 1 is 1.12 bits per heavy atom. The Balaban J connectivity index is 0. The van der Waals surface area contributed by atoms with Gasteiger partial charge in [-0.1, -0.05) is 33.6 Å². The molecule has 0 aromatic rings. The predicted molar refractivity (Wildman–Crippen MR) is 41.3 cm³/mol. The largest absolute Gasteiger partial charge is 0.0651 e. The third kappa shape index (κ3) is 9.46. The zero-order valence-corrected chi connectivity index (χ0v) is 6.15. The van der Waals surface area contributed by atoms with E-state index >= 15 is 0 Å². The van der Waals surface area contributed by atoms with Crippen LogP contribution in [0.5, 0.6) is 0 Å². The van der Waals surface area contributed by atoms with E-state index in [0.29, 0.717) is 0 Å². The second kappa shape index (κ2) is 10.2. The predicted octanol–water partition coefficient (Wildman–Crippen LogP) is 1.68. The average Bonchev–Trinajstić information content (AvgIpc) is 1.91. The third-order valence-electron chi connectivity index (χ3n) is 1.39. The Kier molecular flexibility index (Phi) is 14.0. The molecule has 0 unspecified atom stereocenters. The van der Waals surface area contributed by atoms with Crippen LogP contribution in [0, 0.1) is 5.92 Å². The molecule has 0 spiro atoms. The first-order valence-electron chi connectivity index (χ1n) is 3.14. The van der Waals surface area contributed by atoms with E-state index in [0.717, 1.165) is 5.92 Å². The summed E-state index contributed by atoms with van der Waals surface area (Å²) in [6.07, 6.45) is 2.66. The van der Waals surface area contributed by atoms with Gasteiger partial charge in [0.25, 0.3) is 0 Å². The fourth-order valence-corrected chi connectivity index (χ4v) is 0.289. The lowest BCUT2D eigenvalue weighted by Crippen LogP contribution is -1.85. The van der Waals surface area contributed by atoms with Crippen LogP contribution in [0.15, 0.2) is 0 Å². The molecule has 0 N–H and O–H groups in total. The fraction of sp³-hybridized carbons (Fsp3) is 1.00. The second-order valence-corrected chi connectivity index (χ2v) is 1.92. The summed E-state index contributed by atoms with van der Waals surface area (Å²) in [4.78, 5) is 0. The molecule has 0 saturated carbocycles. The van der Waals surface area contributed by atoms with Gasteiger partial charge >= 0.3 is 0 Å². The molecule has 44 valence electrons. The Hall–Kier alpha value is 0.130. The van der Waals surface area contributed by atoms with E-state index in [1.165, 1.54) is 12.8 Å². The summed E-state index contributed by atoms with van der Waals surface area (Å²) in [6, 6.07) is 0. The van der Waals surface area contributed by atoms with E-state index in [4.69, 9.17) is 0 Å². The summed E-state index contributed by atoms with van der Waals surface area (Å²) in [5.74, 6) is 0.935. The van der Waals surface area contributed by atoms with Crippen LogP contribution in [-0.2, 0) is 0 Å². The minimum atomic E-state index is 0.935. The minimum absolute atomic E-state index is 0.935. The van der Waals surface area contributed by atoms with Crippen LogP contribution in [0.2, 0.25) is 0 Å². The molecular formula is C6H14B2. The highest BCUT2D eigenvalue weighted by Gasteiger charge is 1.88. The van der Waals surface area contributed by atoms with Gasteiger partial charge in [-0.3, -0.25) is 0 Å². The molecule has 0 aliphatic heterocycles. The van der Waals surface area contributed by atoms with Crippen LogP contribution in [0.4, 0.5) is 0 Å². The van der Waals surface area contributed by atoms with Gasteiger partial charge in [-0.05, 0) is 5.92 Å². The molecule has 0 fully saturated rings. The van der Waals surface area contributed by atoms with Crippen molar-refractivity contribution < 1.29 is 0 Å². The summed E-state index contributed by atoms with van der Waals surface area (Å²) >= 11 is 0. The van der Waals surface area contributed by atoms with Crippen LogP contribution in [-0.4, -0.2) is 15.5 Å². The molecule has 4 radical (unpaired) electrons. The SMILES string of the molecule is CCC(C)CC.[B][B]. The normalized spacial score (nSPS) is 8.00. The van der Waals surface area contributed by atoms with E-state index in [2.05, 4.69) is 36.2 Å². The minimum Gasteiger partial charge on any atom is -0.0651 e. The van der Waals surface area contributed by atoms with E-state index in [1.807, 2.05) is 0 Å². The summed E-state index contributed by atoms with van der Waals surface area (Å²) in [6.45, 7) is 6.74. The van der Waals surface area contributed by atoms with E-state index in [-0.39, 0.29) is 0 Å². The first kappa shape index (κ1) is 11.0. The van der Waals surface area contributed by atoms with Gasteiger partial charge in [0.05, 0.1) is 0 Å². The maximum Gasteiger partial charge on any atom is 0 e. The molecular weight excluding hydrogens is 93.7 g/mol. The van der Waals surface area contributed by atoms with Gasteiger partial charge in [-0.25, -0.2) is 0 Å². The Morgan fingerprint density at radius 3 is 1.38 bits per heavy atom. The van der Waals surface area contributed by atoms with Gasteiger partial charge in [0.2, 0.25) is 0 Å². The molecule has 0 amide bonds. The monoisotopic (exact) mass is 108 g/mol. The molecule has 2 heteroatoms. The van der Waals surface area contributed by atoms with Gasteiger partial charge in [-0.15, -0.1) is 0 Å². The summed E-state index contributed by atoms with van der Waals surface area (Å²) in [5, 5.41) is 0. The van der Waals surface area contributed by atoms with Crippen LogP contribution in [0.25, 0.3) is 0 Å². The first-order chi connectivity index (χ1) is 3.81. The Bertz CT molecular complexity index is 25.7. The topological polar surface area (TPSA) is 0 Å². The molecule has 0 nitrogen and oxygen atoms in total. The van der Waals surface area contributed by atoms with Crippen molar-refractivity contribution in [1.29, 1.82) is 0 Å². The van der Waals surface area contributed by atoms with Crippen LogP contribution in [0.3, 0.4) is 0 Å². The number of hydrogen-bond acceptors (Lipinski definition) is 0. The molecule has 0 heterocycles. The molecule has 0 saturated heterocycles. The van der Waals surface area contributed by atoms with Gasteiger partial charge in [-0.2, -0.15) is 0 Å². The van der Waals surface area contributed by atoms with Crippen molar-refractivity contribution in [2.45, 2.75) is 33.6 Å². The zero-order valence-electron chi connectivity index (χ0n) is 6.15. The van der Waals surface area contributed by atoms with Crippen molar-refractivity contribution >= 4 is 15.5 Å². The van der Waals surface area contributed by atoms with Crippen LogP contribution in [0.1, 0.15) is 33.6 Å². The second-order valence-electron chi connectivity index (χ2n) is 1.92. The van der Waals surface area contributed by atoms with Gasteiger partial charge in [0.1, 0.15) is 0 Å². The molecule has 0 aromatic carbocycles. The summed E-state index contributed by atoms with van der Waals surface area (Å²) in [7, 11) is 8.00. The van der Waals surface area contributed by atoms with Crippen LogP contribution >= 0.6 is 0 Å². The summed E-state index contributed by atoms with van der Waals surface area (Å²) in [5.41, 5.74) is 0. The smallest absolute Gasteiger partial charge is 0 e. The lowest BCUT2D eigenvalue weighted by atomic mass is 9.81. The van der Waals surface area contributed by atoms with Crippen molar-refractivity contribution in [2.75, 3.05) is 0 Å². The van der Waals surface area contributed by atoms with Crippen molar-refractivity contribution in [2.24, 2.45) is 5.92 Å². The molecule has 0 bridgehead atoms. The van der Waals surface area contributed by atoms with Gasteiger partial charge < -0.3 is 0 Å². The lowest BCUT2D eigenvalue weighted by Gasteiger charge is -1.98. The van der Waals surface area contributed by atoms with Crippen molar-refractivity contribution in [3.8, 4) is 0 Å². The zero-order chi connectivity index (χ0) is 6.99. The highest BCUT2D eigenvalue weighted by Crippen LogP contribution is 2.02. The molecule has 8 heavy (non-hydrogen) atoms. The van der Waals surface area contributed by atoms with Crippen molar-refractivity contribution in [3.63, 3.8) is 0 Å². The molecule has 0 rings (SSSR count). The number of rotatable bonds is 2. The van der Waals surface area contributed by atoms with Crippen molar-refractivity contribution in [1.82, 2.24) is 0 Å². The lowest BCUT2D eigenvalue weighted by molar-refractivity contribution is 0.544.